The van der Waals surface area contributed by atoms with Gasteiger partial charge in [0.2, 0.25) is 5.96 Å². The van der Waals surface area contributed by atoms with Gasteiger partial charge in [0.15, 0.2) is 0 Å². The van der Waals surface area contributed by atoms with E-state index in [-0.39, 0.29) is 0 Å². The Bertz CT molecular complexity index is 261. The Morgan fingerprint density at radius 3 is 2.75 bits per heavy atom. The van der Waals surface area contributed by atoms with Crippen LogP contribution < -0.4 is 11.3 Å². The molecule has 0 amide bonds. The highest BCUT2D eigenvalue weighted by Crippen LogP contribution is 2.23. The van der Waals surface area contributed by atoms with Crippen LogP contribution in [-0.4, -0.2) is 55.0 Å². The highest BCUT2D eigenvalue weighted by atomic mass is 15.4. The number of guanidine groups is 1. The molecule has 1 aliphatic carbocycles. The third kappa shape index (κ3) is 2.86. The number of likely N-dealkylation sites (tertiary alicyclic amines) is 1. The number of likely N-dealkylation sites (N-methyl/N-ethyl adjacent to an activating group) is 2. The predicted molar refractivity (Wildman–Crippen MR) is 66.1 cm³/mol. The number of nitrogens with zero attached hydrogens (tertiary/aromatic N) is 3. The van der Waals surface area contributed by atoms with Crippen molar-refractivity contribution in [1.29, 1.82) is 0 Å². The Morgan fingerprint density at radius 2 is 2.25 bits per heavy atom. The molecule has 1 heterocycles. The number of hydrogen-bond acceptors (Lipinski definition) is 3. The summed E-state index contributed by atoms with van der Waals surface area (Å²) in [5.74, 6) is 6.36. The van der Waals surface area contributed by atoms with E-state index in [9.17, 15) is 0 Å². The smallest absolute Gasteiger partial charge is 0.208 e. The Kier molecular flexibility index (Phi) is 3.66. The fourth-order valence-corrected chi connectivity index (χ4v) is 2.24. The summed E-state index contributed by atoms with van der Waals surface area (Å²) in [5.41, 5.74) is 2.72. The van der Waals surface area contributed by atoms with E-state index in [1.165, 1.54) is 32.2 Å². The molecule has 2 rings (SSSR count). The molecule has 5 heteroatoms. The van der Waals surface area contributed by atoms with Crippen molar-refractivity contribution in [3.63, 3.8) is 0 Å². The molecule has 0 aromatic rings. The summed E-state index contributed by atoms with van der Waals surface area (Å²) in [6, 6.07) is 1.15. The first kappa shape index (κ1) is 11.7. The monoisotopic (exact) mass is 225 g/mol. The molecule has 2 aliphatic rings. The van der Waals surface area contributed by atoms with Crippen LogP contribution in [0.1, 0.15) is 25.7 Å². The van der Waals surface area contributed by atoms with Crippen molar-refractivity contribution >= 4 is 5.96 Å². The van der Waals surface area contributed by atoms with Crippen molar-refractivity contribution in [3.05, 3.63) is 0 Å². The molecule has 2 fully saturated rings. The fourth-order valence-electron chi connectivity index (χ4n) is 2.24. The lowest BCUT2D eigenvalue weighted by atomic mass is 10.2. The molecule has 5 nitrogen and oxygen atoms in total. The topological polar surface area (TPSA) is 56.9 Å². The van der Waals surface area contributed by atoms with E-state index in [2.05, 4.69) is 34.3 Å². The van der Waals surface area contributed by atoms with E-state index >= 15 is 0 Å². The molecule has 92 valence electrons. The number of rotatable bonds is 3. The maximum Gasteiger partial charge on any atom is 0.208 e. The summed E-state index contributed by atoms with van der Waals surface area (Å²) in [5, 5.41) is 0. The lowest BCUT2D eigenvalue weighted by Gasteiger charge is -2.27. The van der Waals surface area contributed by atoms with Crippen molar-refractivity contribution in [2.45, 2.75) is 37.8 Å². The number of nitrogens with two attached hydrogens (primary N) is 1. The van der Waals surface area contributed by atoms with E-state index in [1.54, 1.807) is 0 Å². The van der Waals surface area contributed by atoms with Crippen LogP contribution in [0.15, 0.2) is 4.99 Å². The molecule has 16 heavy (non-hydrogen) atoms. The minimum Gasteiger partial charge on any atom is -0.343 e. The van der Waals surface area contributed by atoms with E-state index < -0.39 is 0 Å². The van der Waals surface area contributed by atoms with Gasteiger partial charge in [-0.1, -0.05) is 0 Å². The normalized spacial score (nSPS) is 27.2. The summed E-state index contributed by atoms with van der Waals surface area (Å²) in [6.07, 6.45) is 5.01. The van der Waals surface area contributed by atoms with Crippen molar-refractivity contribution in [2.24, 2.45) is 10.8 Å². The van der Waals surface area contributed by atoms with Gasteiger partial charge in [-0.2, -0.15) is 0 Å². The molecule has 0 radical (unpaired) electrons. The zero-order valence-electron chi connectivity index (χ0n) is 10.3. The molecule has 1 aliphatic heterocycles. The maximum atomic E-state index is 5.52. The number of hydrazine groups is 1. The second-order valence-corrected chi connectivity index (χ2v) is 4.99. The highest BCUT2D eigenvalue weighted by molar-refractivity contribution is 5.79. The molecule has 0 aromatic heterocycles. The molecule has 1 unspecified atom stereocenters. The molecule has 0 aromatic carbocycles. The summed E-state index contributed by atoms with van der Waals surface area (Å²) in [7, 11) is 4.26. The van der Waals surface area contributed by atoms with E-state index in [0.29, 0.717) is 12.1 Å². The van der Waals surface area contributed by atoms with Gasteiger partial charge in [-0.05, 0) is 39.3 Å². The lowest BCUT2D eigenvalue weighted by molar-refractivity contribution is 0.264. The van der Waals surface area contributed by atoms with Crippen molar-refractivity contribution in [3.8, 4) is 0 Å². The third-order valence-electron chi connectivity index (χ3n) is 3.50. The molecule has 1 saturated heterocycles. The van der Waals surface area contributed by atoms with Gasteiger partial charge in [0, 0.05) is 19.6 Å². The minimum atomic E-state index is 0.509. The van der Waals surface area contributed by atoms with Gasteiger partial charge in [-0.25, -0.2) is 10.8 Å². The quantitative estimate of drug-likeness (QED) is 0.307. The molecular formula is C11H23N5. The molecule has 1 saturated carbocycles. The average molecular weight is 225 g/mol. The third-order valence-corrected chi connectivity index (χ3v) is 3.50. The van der Waals surface area contributed by atoms with Crippen LogP contribution in [0.2, 0.25) is 0 Å². The fraction of sp³-hybridized carbons (Fsp3) is 0.909. The number of hydrogen-bond donors (Lipinski definition) is 2. The standard InChI is InChI=1S/C11H23N5/c1-15-7-3-4-10(15)8-16(2)11(14-12)13-9-5-6-9/h9-10H,3-8,12H2,1-2H3,(H,13,14). The summed E-state index contributed by atoms with van der Waals surface area (Å²) in [6.45, 7) is 2.22. The molecule has 3 N–H and O–H groups in total. The SMILES string of the molecule is CN(CC1CCCN1C)C(=NC1CC1)NN. The summed E-state index contributed by atoms with van der Waals surface area (Å²) < 4.78 is 0. The van der Waals surface area contributed by atoms with Gasteiger partial charge in [0.05, 0.1) is 6.04 Å². The Balaban J connectivity index is 1.87. The first-order chi connectivity index (χ1) is 7.70. The molecule has 0 bridgehead atoms. The maximum absolute atomic E-state index is 5.52. The van der Waals surface area contributed by atoms with Crippen LogP contribution in [0, 0.1) is 0 Å². The number of nitrogens with one attached hydrogen (secondary N) is 1. The summed E-state index contributed by atoms with van der Waals surface area (Å²) >= 11 is 0. The van der Waals surface area contributed by atoms with Gasteiger partial charge in [-0.15, -0.1) is 0 Å². The Hall–Kier alpha value is -0.810. The predicted octanol–water partition coefficient (Wildman–Crippen LogP) is -0.00590. The van der Waals surface area contributed by atoms with Gasteiger partial charge >= 0.3 is 0 Å². The van der Waals surface area contributed by atoms with Gasteiger partial charge in [0.1, 0.15) is 0 Å². The first-order valence-corrected chi connectivity index (χ1v) is 6.16. The van der Waals surface area contributed by atoms with Crippen LogP contribution in [0.25, 0.3) is 0 Å². The Morgan fingerprint density at radius 1 is 1.50 bits per heavy atom. The minimum absolute atomic E-state index is 0.509. The van der Waals surface area contributed by atoms with Crippen LogP contribution in [0.4, 0.5) is 0 Å². The van der Waals surface area contributed by atoms with Crippen LogP contribution in [0.3, 0.4) is 0 Å². The van der Waals surface area contributed by atoms with Crippen molar-refractivity contribution in [2.75, 3.05) is 27.2 Å². The highest BCUT2D eigenvalue weighted by Gasteiger charge is 2.25. The first-order valence-electron chi connectivity index (χ1n) is 6.16. The van der Waals surface area contributed by atoms with Crippen LogP contribution >= 0.6 is 0 Å². The van der Waals surface area contributed by atoms with Gasteiger partial charge in [-0.3, -0.25) is 5.43 Å². The Labute approximate surface area is 97.7 Å². The second kappa shape index (κ2) is 5.01. The number of aliphatic imine (C=N–C) groups is 1. The van der Waals surface area contributed by atoms with E-state index in [1.807, 2.05) is 0 Å². The lowest BCUT2D eigenvalue weighted by Crippen LogP contribution is -2.47. The zero-order chi connectivity index (χ0) is 11.5. The molecule has 1 atom stereocenters. The van der Waals surface area contributed by atoms with Gasteiger partial charge in [0.25, 0.3) is 0 Å². The van der Waals surface area contributed by atoms with Crippen molar-refractivity contribution in [1.82, 2.24) is 15.2 Å². The van der Waals surface area contributed by atoms with Crippen LogP contribution in [-0.2, 0) is 0 Å². The average Bonchev–Trinajstić information content (AvgIpc) is 3.00. The van der Waals surface area contributed by atoms with Crippen molar-refractivity contribution < 1.29 is 0 Å². The molecular weight excluding hydrogens is 202 g/mol. The summed E-state index contributed by atoms with van der Waals surface area (Å²) in [4.78, 5) is 9.12. The van der Waals surface area contributed by atoms with Gasteiger partial charge < -0.3 is 9.80 Å². The van der Waals surface area contributed by atoms with E-state index in [4.69, 9.17) is 5.84 Å². The zero-order valence-corrected chi connectivity index (χ0v) is 10.3. The second-order valence-electron chi connectivity index (χ2n) is 4.99. The largest absolute Gasteiger partial charge is 0.343 e. The van der Waals surface area contributed by atoms with E-state index in [0.717, 1.165) is 12.5 Å². The molecule has 0 spiro atoms. The van der Waals surface area contributed by atoms with Crippen LogP contribution in [0.5, 0.6) is 0 Å².